The first-order valence-electron chi connectivity index (χ1n) is 7.33. The normalized spacial score (nSPS) is 10.8. The second-order valence-corrected chi connectivity index (χ2v) is 7.62. The number of phenols is 1. The maximum absolute atomic E-state index is 9.63. The van der Waals surface area contributed by atoms with Crippen LogP contribution in [0.2, 0.25) is 5.02 Å². The highest BCUT2D eigenvalue weighted by Gasteiger charge is 2.12. The average molecular weight is 473 g/mol. The van der Waals surface area contributed by atoms with E-state index in [-0.39, 0.29) is 5.75 Å². The Kier molecular flexibility index (Phi) is 5.57. The van der Waals surface area contributed by atoms with Crippen LogP contribution in [0.25, 0.3) is 21.1 Å². The average Bonchev–Trinajstić information content (AvgIpc) is 3.06. The number of halogens is 2. The summed E-state index contributed by atoms with van der Waals surface area (Å²) in [4.78, 5) is 0. The third-order valence-electron chi connectivity index (χ3n) is 3.26. The lowest BCUT2D eigenvalue weighted by atomic mass is 10.2. The lowest BCUT2D eigenvalue weighted by molar-refractivity contribution is 0.317. The van der Waals surface area contributed by atoms with Crippen molar-refractivity contribution in [3.8, 4) is 32.6 Å². The Balaban J connectivity index is 1.87. The highest BCUT2D eigenvalue weighted by atomic mass is 127. The predicted molar refractivity (Wildman–Crippen MR) is 106 cm³/mol. The van der Waals surface area contributed by atoms with E-state index in [4.69, 9.17) is 16.3 Å². The maximum atomic E-state index is 9.63. The van der Waals surface area contributed by atoms with E-state index >= 15 is 0 Å². The van der Waals surface area contributed by atoms with Gasteiger partial charge >= 0.3 is 0 Å². The van der Waals surface area contributed by atoms with Crippen molar-refractivity contribution in [3.63, 3.8) is 0 Å². The van der Waals surface area contributed by atoms with Gasteiger partial charge in [0.1, 0.15) is 21.5 Å². The monoisotopic (exact) mass is 472 g/mol. The second-order valence-electron chi connectivity index (χ2n) is 5.07. The number of aromatic nitrogens is 2. The topological polar surface area (TPSA) is 55.2 Å². The first kappa shape index (κ1) is 17.4. The predicted octanol–water partition coefficient (Wildman–Crippen LogP) is 5.62. The molecule has 7 heteroatoms. The molecule has 1 aromatic heterocycles. The van der Waals surface area contributed by atoms with Gasteiger partial charge in [0.2, 0.25) is 0 Å². The molecule has 124 valence electrons. The third-order valence-corrected chi connectivity index (χ3v) is 5.44. The smallest absolute Gasteiger partial charge is 0.148 e. The Labute approximate surface area is 162 Å². The van der Waals surface area contributed by atoms with Gasteiger partial charge in [-0.1, -0.05) is 29.9 Å². The quantitative estimate of drug-likeness (QED) is 0.489. The highest BCUT2D eigenvalue weighted by Crippen LogP contribution is 2.35. The van der Waals surface area contributed by atoms with Crippen molar-refractivity contribution in [1.82, 2.24) is 10.2 Å². The molecule has 0 unspecified atom stereocenters. The molecule has 0 fully saturated rings. The van der Waals surface area contributed by atoms with E-state index in [2.05, 4.69) is 39.7 Å². The van der Waals surface area contributed by atoms with Crippen LogP contribution in [0.5, 0.6) is 11.5 Å². The van der Waals surface area contributed by atoms with Crippen LogP contribution < -0.4 is 4.74 Å². The number of hydrogen-bond donors (Lipinski definition) is 1. The van der Waals surface area contributed by atoms with Crippen molar-refractivity contribution in [2.75, 3.05) is 6.61 Å². The Morgan fingerprint density at radius 3 is 2.42 bits per heavy atom. The van der Waals surface area contributed by atoms with Gasteiger partial charge in [0.05, 0.1) is 15.2 Å². The standard InChI is InChI=1S/C17H14ClIN2O2S/c1-2-7-23-15-6-4-10(8-12(15)18)16-20-21-17(24-16)11-3-5-14(22)13(19)9-11/h3-6,8-9,22H,2,7H2,1H3. The molecule has 1 N–H and O–H groups in total. The van der Waals surface area contributed by atoms with Gasteiger partial charge in [0.15, 0.2) is 0 Å². The fraction of sp³-hybridized carbons (Fsp3) is 0.176. The van der Waals surface area contributed by atoms with Gasteiger partial charge in [-0.15, -0.1) is 10.2 Å². The molecule has 0 saturated heterocycles. The SMILES string of the molecule is CCCOc1ccc(-c2nnc(-c3ccc(O)c(I)c3)s2)cc1Cl. The summed E-state index contributed by atoms with van der Waals surface area (Å²) in [5.74, 6) is 0.943. The van der Waals surface area contributed by atoms with E-state index in [0.29, 0.717) is 17.4 Å². The van der Waals surface area contributed by atoms with Gasteiger partial charge in [-0.2, -0.15) is 0 Å². The molecule has 0 spiro atoms. The molecule has 2 aromatic carbocycles. The number of hydrogen-bond acceptors (Lipinski definition) is 5. The fourth-order valence-electron chi connectivity index (χ4n) is 2.06. The minimum Gasteiger partial charge on any atom is -0.507 e. The van der Waals surface area contributed by atoms with Crippen LogP contribution in [0.4, 0.5) is 0 Å². The first-order chi connectivity index (χ1) is 11.6. The van der Waals surface area contributed by atoms with E-state index in [9.17, 15) is 5.11 Å². The first-order valence-corrected chi connectivity index (χ1v) is 9.61. The molecule has 3 rings (SSSR count). The summed E-state index contributed by atoms with van der Waals surface area (Å²) in [7, 11) is 0. The molecule has 0 aliphatic heterocycles. The number of benzene rings is 2. The largest absolute Gasteiger partial charge is 0.507 e. The number of rotatable bonds is 5. The molecule has 0 aliphatic rings. The van der Waals surface area contributed by atoms with Crippen LogP contribution in [0, 0.1) is 3.57 Å². The van der Waals surface area contributed by atoms with E-state index in [1.165, 1.54) is 11.3 Å². The molecular weight excluding hydrogens is 459 g/mol. The van der Waals surface area contributed by atoms with E-state index < -0.39 is 0 Å². The van der Waals surface area contributed by atoms with E-state index in [1.807, 2.05) is 30.3 Å². The minimum absolute atomic E-state index is 0.263. The van der Waals surface area contributed by atoms with Crippen LogP contribution in [-0.2, 0) is 0 Å². The fourth-order valence-corrected chi connectivity index (χ4v) is 3.65. The molecular formula is C17H14ClIN2O2S. The highest BCUT2D eigenvalue weighted by molar-refractivity contribution is 14.1. The molecule has 0 saturated carbocycles. The van der Waals surface area contributed by atoms with Gasteiger partial charge in [0.25, 0.3) is 0 Å². The molecule has 0 aliphatic carbocycles. The zero-order valence-electron chi connectivity index (χ0n) is 12.8. The van der Waals surface area contributed by atoms with Gasteiger partial charge in [-0.05, 0) is 65.4 Å². The zero-order chi connectivity index (χ0) is 17.1. The Morgan fingerprint density at radius 1 is 1.12 bits per heavy atom. The molecule has 4 nitrogen and oxygen atoms in total. The van der Waals surface area contributed by atoms with Crippen molar-refractivity contribution in [2.45, 2.75) is 13.3 Å². The van der Waals surface area contributed by atoms with Crippen LogP contribution in [0.1, 0.15) is 13.3 Å². The lowest BCUT2D eigenvalue weighted by Gasteiger charge is -2.07. The van der Waals surface area contributed by atoms with Crippen LogP contribution in [0.3, 0.4) is 0 Å². The summed E-state index contributed by atoms with van der Waals surface area (Å²) in [6.07, 6.45) is 0.934. The second kappa shape index (κ2) is 7.67. The van der Waals surface area contributed by atoms with Crippen molar-refractivity contribution in [2.24, 2.45) is 0 Å². The van der Waals surface area contributed by atoms with Gasteiger partial charge < -0.3 is 9.84 Å². The number of nitrogens with zero attached hydrogens (tertiary/aromatic N) is 2. The van der Waals surface area contributed by atoms with Crippen LogP contribution in [0.15, 0.2) is 36.4 Å². The van der Waals surface area contributed by atoms with Crippen molar-refractivity contribution in [1.29, 1.82) is 0 Å². The molecule has 0 radical (unpaired) electrons. The molecule has 3 aromatic rings. The number of phenolic OH excluding ortho intramolecular Hbond substituents is 1. The Morgan fingerprint density at radius 2 is 1.79 bits per heavy atom. The van der Waals surface area contributed by atoms with Crippen molar-refractivity contribution < 1.29 is 9.84 Å². The van der Waals surface area contributed by atoms with Gasteiger partial charge in [-0.25, -0.2) is 0 Å². The van der Waals surface area contributed by atoms with Gasteiger partial charge in [0, 0.05) is 11.1 Å². The molecule has 0 atom stereocenters. The summed E-state index contributed by atoms with van der Waals surface area (Å²) >= 11 is 9.85. The maximum Gasteiger partial charge on any atom is 0.148 e. The van der Waals surface area contributed by atoms with Crippen molar-refractivity contribution in [3.05, 3.63) is 45.0 Å². The van der Waals surface area contributed by atoms with Gasteiger partial charge in [-0.3, -0.25) is 0 Å². The summed E-state index contributed by atoms with van der Waals surface area (Å²) < 4.78 is 6.37. The summed E-state index contributed by atoms with van der Waals surface area (Å²) in [5.41, 5.74) is 1.83. The summed E-state index contributed by atoms with van der Waals surface area (Å²) in [6.45, 7) is 2.69. The molecule has 1 heterocycles. The van der Waals surface area contributed by atoms with Crippen molar-refractivity contribution >= 4 is 45.5 Å². The molecule has 24 heavy (non-hydrogen) atoms. The van der Waals surface area contributed by atoms with E-state index in [1.54, 1.807) is 6.07 Å². The number of ether oxygens (including phenoxy) is 1. The Hall–Kier alpha value is -1.38. The lowest BCUT2D eigenvalue weighted by Crippen LogP contribution is -1.95. The molecule has 0 amide bonds. The summed E-state index contributed by atoms with van der Waals surface area (Å²) in [5, 5.41) is 20.3. The molecule has 0 bridgehead atoms. The third kappa shape index (κ3) is 3.81. The van der Waals surface area contributed by atoms with E-state index in [0.717, 1.165) is 31.1 Å². The minimum atomic E-state index is 0.263. The Bertz CT molecular complexity index is 870. The van der Waals surface area contributed by atoms with Crippen LogP contribution in [-0.4, -0.2) is 21.9 Å². The zero-order valence-corrected chi connectivity index (χ0v) is 16.5. The summed E-state index contributed by atoms with van der Waals surface area (Å²) in [6, 6.07) is 11.0. The van der Waals surface area contributed by atoms with Crippen LogP contribution >= 0.6 is 45.5 Å². The number of aromatic hydroxyl groups is 1.